The monoisotopic (exact) mass is 294 g/mol. The Balaban J connectivity index is 2.34. The van der Waals surface area contributed by atoms with Gasteiger partial charge < -0.3 is 4.90 Å². The molecule has 20 heavy (non-hydrogen) atoms. The lowest BCUT2D eigenvalue weighted by Crippen LogP contribution is -2.27. The molecule has 0 aromatic heterocycles. The summed E-state index contributed by atoms with van der Waals surface area (Å²) >= 11 is 0. The standard InChI is InChI=1S/C14H18N2O3S/c1-10(2)9-15-20(18,19)13-5-4-12-6-7-16(11(3)17)14(12)8-13/h4-5,8,15H,1,6-7,9H2,2-3H3. The highest BCUT2D eigenvalue weighted by Gasteiger charge is 2.24. The second-order valence-electron chi connectivity index (χ2n) is 4.99. The second kappa shape index (κ2) is 5.38. The molecule has 0 radical (unpaired) electrons. The number of hydrogen-bond acceptors (Lipinski definition) is 3. The molecule has 0 unspecified atom stereocenters. The summed E-state index contributed by atoms with van der Waals surface area (Å²) in [6, 6.07) is 4.90. The minimum absolute atomic E-state index is 0.0757. The Morgan fingerprint density at radius 1 is 1.40 bits per heavy atom. The number of benzene rings is 1. The van der Waals surface area contributed by atoms with Gasteiger partial charge in [-0.15, -0.1) is 0 Å². The van der Waals surface area contributed by atoms with Crippen molar-refractivity contribution < 1.29 is 13.2 Å². The van der Waals surface area contributed by atoms with E-state index in [9.17, 15) is 13.2 Å². The van der Waals surface area contributed by atoms with E-state index in [-0.39, 0.29) is 17.3 Å². The van der Waals surface area contributed by atoms with Crippen LogP contribution in [0.25, 0.3) is 0 Å². The second-order valence-corrected chi connectivity index (χ2v) is 6.76. The molecular formula is C14H18N2O3S. The third-order valence-corrected chi connectivity index (χ3v) is 4.61. The molecule has 2 rings (SSSR count). The van der Waals surface area contributed by atoms with Gasteiger partial charge in [-0.05, 0) is 31.0 Å². The van der Waals surface area contributed by atoms with E-state index in [2.05, 4.69) is 11.3 Å². The molecule has 0 fully saturated rings. The van der Waals surface area contributed by atoms with E-state index in [0.717, 1.165) is 17.6 Å². The topological polar surface area (TPSA) is 66.5 Å². The van der Waals surface area contributed by atoms with Gasteiger partial charge in [0.15, 0.2) is 0 Å². The van der Waals surface area contributed by atoms with Crippen LogP contribution in [-0.4, -0.2) is 27.4 Å². The molecule has 1 aliphatic rings. The van der Waals surface area contributed by atoms with Crippen molar-refractivity contribution >= 4 is 21.6 Å². The fraction of sp³-hybridized carbons (Fsp3) is 0.357. The van der Waals surface area contributed by atoms with Gasteiger partial charge in [0.25, 0.3) is 0 Å². The summed E-state index contributed by atoms with van der Waals surface area (Å²) in [6.45, 7) is 7.71. The number of fused-ring (bicyclic) bond motifs is 1. The maximum absolute atomic E-state index is 12.2. The summed E-state index contributed by atoms with van der Waals surface area (Å²) in [4.78, 5) is 13.3. The van der Waals surface area contributed by atoms with Gasteiger partial charge in [0, 0.05) is 25.7 Å². The van der Waals surface area contributed by atoms with Crippen LogP contribution in [0.15, 0.2) is 35.2 Å². The van der Waals surface area contributed by atoms with Gasteiger partial charge in [-0.3, -0.25) is 4.79 Å². The zero-order valence-electron chi connectivity index (χ0n) is 11.6. The predicted molar refractivity (Wildman–Crippen MR) is 78.2 cm³/mol. The zero-order chi connectivity index (χ0) is 14.9. The first-order chi connectivity index (χ1) is 9.31. The molecule has 0 bridgehead atoms. The van der Waals surface area contributed by atoms with Gasteiger partial charge in [-0.25, -0.2) is 13.1 Å². The van der Waals surface area contributed by atoms with Crippen LogP contribution in [-0.2, 0) is 21.2 Å². The van der Waals surface area contributed by atoms with Crippen LogP contribution in [0.4, 0.5) is 5.69 Å². The Morgan fingerprint density at radius 2 is 2.10 bits per heavy atom. The number of amides is 1. The Hall–Kier alpha value is -1.66. The lowest BCUT2D eigenvalue weighted by molar-refractivity contribution is -0.116. The number of rotatable bonds is 4. The van der Waals surface area contributed by atoms with Crippen LogP contribution in [0.1, 0.15) is 19.4 Å². The summed E-state index contributed by atoms with van der Waals surface area (Å²) in [6.07, 6.45) is 0.758. The molecular weight excluding hydrogens is 276 g/mol. The maximum atomic E-state index is 12.2. The molecule has 1 amide bonds. The molecule has 0 saturated heterocycles. The van der Waals surface area contributed by atoms with E-state index in [1.54, 1.807) is 30.0 Å². The fourth-order valence-electron chi connectivity index (χ4n) is 2.15. The van der Waals surface area contributed by atoms with Crippen LogP contribution in [0.5, 0.6) is 0 Å². The minimum atomic E-state index is -3.57. The molecule has 5 nitrogen and oxygen atoms in total. The van der Waals surface area contributed by atoms with Crippen molar-refractivity contribution in [2.45, 2.75) is 25.2 Å². The summed E-state index contributed by atoms with van der Waals surface area (Å²) in [7, 11) is -3.57. The van der Waals surface area contributed by atoms with Crippen LogP contribution in [0.3, 0.4) is 0 Å². The van der Waals surface area contributed by atoms with E-state index in [4.69, 9.17) is 0 Å². The average Bonchev–Trinajstić information content (AvgIpc) is 2.79. The average molecular weight is 294 g/mol. The van der Waals surface area contributed by atoms with Crippen molar-refractivity contribution in [2.75, 3.05) is 18.0 Å². The number of anilines is 1. The SMILES string of the molecule is C=C(C)CNS(=O)(=O)c1ccc2c(c1)N(C(C)=O)CC2. The Bertz CT molecular complexity index is 665. The number of nitrogens with one attached hydrogen (secondary N) is 1. The van der Waals surface area contributed by atoms with Crippen molar-refractivity contribution in [3.8, 4) is 0 Å². The highest BCUT2D eigenvalue weighted by molar-refractivity contribution is 7.89. The quantitative estimate of drug-likeness (QED) is 0.855. The van der Waals surface area contributed by atoms with Gasteiger partial charge in [-0.1, -0.05) is 18.2 Å². The van der Waals surface area contributed by atoms with E-state index >= 15 is 0 Å². The van der Waals surface area contributed by atoms with Gasteiger partial charge in [0.05, 0.1) is 4.90 Å². The molecule has 1 aromatic carbocycles. The van der Waals surface area contributed by atoms with Crippen molar-refractivity contribution in [2.24, 2.45) is 0 Å². The third kappa shape index (κ3) is 2.91. The fourth-order valence-corrected chi connectivity index (χ4v) is 3.27. The number of hydrogen-bond donors (Lipinski definition) is 1. The molecule has 0 spiro atoms. The summed E-state index contributed by atoms with van der Waals surface area (Å²) < 4.78 is 26.8. The van der Waals surface area contributed by atoms with Crippen LogP contribution in [0.2, 0.25) is 0 Å². The van der Waals surface area contributed by atoms with Crippen LogP contribution < -0.4 is 9.62 Å². The molecule has 1 heterocycles. The van der Waals surface area contributed by atoms with Crippen LogP contribution in [0, 0.1) is 0 Å². The van der Waals surface area contributed by atoms with E-state index in [0.29, 0.717) is 12.2 Å². The molecule has 1 N–H and O–H groups in total. The Labute approximate surface area is 119 Å². The molecule has 0 atom stereocenters. The van der Waals surface area contributed by atoms with E-state index < -0.39 is 10.0 Å². The molecule has 1 aromatic rings. The van der Waals surface area contributed by atoms with Crippen molar-refractivity contribution in [3.63, 3.8) is 0 Å². The van der Waals surface area contributed by atoms with Gasteiger partial charge in [0.1, 0.15) is 0 Å². The van der Waals surface area contributed by atoms with Crippen molar-refractivity contribution in [1.82, 2.24) is 4.72 Å². The van der Waals surface area contributed by atoms with Crippen molar-refractivity contribution in [3.05, 3.63) is 35.9 Å². The molecule has 6 heteroatoms. The van der Waals surface area contributed by atoms with Crippen molar-refractivity contribution in [1.29, 1.82) is 0 Å². The Morgan fingerprint density at radius 3 is 2.70 bits per heavy atom. The highest BCUT2D eigenvalue weighted by atomic mass is 32.2. The van der Waals surface area contributed by atoms with E-state index in [1.165, 1.54) is 6.92 Å². The first kappa shape index (κ1) is 14.7. The predicted octanol–water partition coefficient (Wildman–Crippen LogP) is 1.45. The number of nitrogens with zero attached hydrogens (tertiary/aromatic N) is 1. The third-order valence-electron chi connectivity index (χ3n) is 3.21. The highest BCUT2D eigenvalue weighted by Crippen LogP contribution is 2.30. The Kier molecular flexibility index (Phi) is 3.96. The minimum Gasteiger partial charge on any atom is -0.312 e. The first-order valence-corrected chi connectivity index (χ1v) is 7.84. The maximum Gasteiger partial charge on any atom is 0.240 e. The van der Waals surface area contributed by atoms with Gasteiger partial charge >= 0.3 is 0 Å². The largest absolute Gasteiger partial charge is 0.312 e. The normalized spacial score (nSPS) is 14.2. The smallest absolute Gasteiger partial charge is 0.240 e. The summed E-state index contributed by atoms with van der Waals surface area (Å²) in [5.74, 6) is -0.0757. The summed E-state index contributed by atoms with van der Waals surface area (Å²) in [5.41, 5.74) is 2.43. The zero-order valence-corrected chi connectivity index (χ0v) is 12.5. The van der Waals surface area contributed by atoms with Gasteiger partial charge in [-0.2, -0.15) is 0 Å². The number of sulfonamides is 1. The number of carbonyl (C=O) groups is 1. The summed E-state index contributed by atoms with van der Waals surface area (Å²) in [5, 5.41) is 0. The number of carbonyl (C=O) groups excluding carboxylic acids is 1. The molecule has 108 valence electrons. The lowest BCUT2D eigenvalue weighted by atomic mass is 10.2. The first-order valence-electron chi connectivity index (χ1n) is 6.36. The van der Waals surface area contributed by atoms with Crippen LogP contribution >= 0.6 is 0 Å². The van der Waals surface area contributed by atoms with E-state index in [1.807, 2.05) is 0 Å². The molecule has 0 aliphatic carbocycles. The molecule has 1 aliphatic heterocycles. The van der Waals surface area contributed by atoms with Gasteiger partial charge in [0.2, 0.25) is 15.9 Å². The molecule has 0 saturated carbocycles. The lowest BCUT2D eigenvalue weighted by Gasteiger charge is -2.15.